The quantitative estimate of drug-likeness (QED) is 0.459. The van der Waals surface area contributed by atoms with Crippen LogP contribution in [0.1, 0.15) is 0 Å². The third kappa shape index (κ3) is 8.35. The van der Waals surface area contributed by atoms with E-state index >= 15 is 0 Å². The molecule has 0 radical (unpaired) electrons. The molecule has 0 fully saturated rings. The molecule has 0 bridgehead atoms. The van der Waals surface area contributed by atoms with Gasteiger partial charge in [0.2, 0.25) is 0 Å². The van der Waals surface area contributed by atoms with E-state index in [9.17, 15) is 13.0 Å². The number of phosphoric acid groups is 1. The first-order chi connectivity index (χ1) is 3.71. The topological polar surface area (TPSA) is 101 Å². The predicted molar refractivity (Wildman–Crippen MR) is 27.9 cm³/mol. The van der Waals surface area contributed by atoms with Crippen LogP contribution in [0.25, 0.3) is 0 Å². The standard InChI is InChI=1S/ClH2O6PS/c1-9(5,6)7-8(2,3)4/h(H2,2,3,4). The Morgan fingerprint density at radius 1 is 1.44 bits per heavy atom. The molecule has 56 valence electrons. The fourth-order valence-corrected chi connectivity index (χ4v) is 1.70. The van der Waals surface area contributed by atoms with Gasteiger partial charge in [-0.25, -0.2) is 4.57 Å². The first-order valence-electron chi connectivity index (χ1n) is 1.42. The van der Waals surface area contributed by atoms with E-state index in [1.165, 1.54) is 0 Å². The van der Waals surface area contributed by atoms with Crippen molar-refractivity contribution < 1.29 is 26.7 Å². The zero-order valence-electron chi connectivity index (χ0n) is 3.76. The van der Waals surface area contributed by atoms with Gasteiger partial charge in [-0.05, 0) is 0 Å². The lowest BCUT2D eigenvalue weighted by molar-refractivity contribution is 0.288. The Balaban J connectivity index is 4.26. The van der Waals surface area contributed by atoms with Gasteiger partial charge in [0.1, 0.15) is 0 Å². The van der Waals surface area contributed by atoms with Crippen molar-refractivity contribution in [1.82, 2.24) is 0 Å². The van der Waals surface area contributed by atoms with Crippen LogP contribution in [0.2, 0.25) is 0 Å². The Labute approximate surface area is 55.3 Å². The fraction of sp³-hybridized carbons (Fsp3) is 0. The van der Waals surface area contributed by atoms with Gasteiger partial charge in [-0.1, -0.05) is 0 Å². The van der Waals surface area contributed by atoms with Crippen molar-refractivity contribution in [2.24, 2.45) is 0 Å². The van der Waals surface area contributed by atoms with Gasteiger partial charge in [0.15, 0.2) is 0 Å². The van der Waals surface area contributed by atoms with Crippen molar-refractivity contribution in [3.8, 4) is 0 Å². The molecule has 0 saturated heterocycles. The zero-order chi connectivity index (χ0) is 7.71. The maximum absolute atomic E-state index is 9.70. The van der Waals surface area contributed by atoms with Gasteiger partial charge in [0.25, 0.3) is 0 Å². The molecule has 0 spiro atoms. The molecule has 0 heterocycles. The molecule has 2 N–H and O–H groups in total. The van der Waals surface area contributed by atoms with E-state index in [1.54, 1.807) is 0 Å². The lowest BCUT2D eigenvalue weighted by Crippen LogP contribution is -1.93. The molecule has 0 aromatic carbocycles. The molecule has 0 rings (SSSR count). The van der Waals surface area contributed by atoms with Crippen LogP contribution in [0.15, 0.2) is 0 Å². The van der Waals surface area contributed by atoms with Crippen molar-refractivity contribution in [3.63, 3.8) is 0 Å². The summed E-state index contributed by atoms with van der Waals surface area (Å²) in [5.41, 5.74) is 0. The molecule has 0 aliphatic heterocycles. The summed E-state index contributed by atoms with van der Waals surface area (Å²) in [5, 5.41) is 0. The van der Waals surface area contributed by atoms with Crippen LogP contribution in [0, 0.1) is 0 Å². The summed E-state index contributed by atoms with van der Waals surface area (Å²) in [6.45, 7) is 0. The van der Waals surface area contributed by atoms with Crippen LogP contribution >= 0.6 is 18.5 Å². The second-order valence-electron chi connectivity index (χ2n) is 0.958. The van der Waals surface area contributed by atoms with E-state index in [0.29, 0.717) is 0 Å². The molecule has 0 aliphatic carbocycles. The molecule has 0 atom stereocenters. The smallest absolute Gasteiger partial charge is 0.302 e. The minimum atomic E-state index is -5.01. The molecule has 0 unspecified atom stereocenters. The van der Waals surface area contributed by atoms with Crippen LogP contribution in [0.4, 0.5) is 0 Å². The van der Waals surface area contributed by atoms with Crippen molar-refractivity contribution >= 4 is 27.8 Å². The average Bonchev–Trinajstić information content (AvgIpc) is 1.14. The highest BCUT2D eigenvalue weighted by Crippen LogP contribution is 2.38. The molecule has 0 aliphatic rings. The predicted octanol–water partition coefficient (Wildman–Crippen LogP) is -0.421. The van der Waals surface area contributed by atoms with Gasteiger partial charge in [0.05, 0.1) is 10.7 Å². The maximum atomic E-state index is 9.70. The Bertz CT molecular complexity index is 219. The van der Waals surface area contributed by atoms with Gasteiger partial charge < -0.3 is 9.79 Å². The van der Waals surface area contributed by atoms with E-state index in [-0.39, 0.29) is 0 Å². The zero-order valence-corrected chi connectivity index (χ0v) is 6.23. The van der Waals surface area contributed by atoms with Crippen LogP contribution < -0.4 is 0 Å². The largest absolute Gasteiger partial charge is 0.485 e. The minimum Gasteiger partial charge on any atom is -0.302 e. The second kappa shape index (κ2) is 2.53. The van der Waals surface area contributed by atoms with Crippen LogP contribution in [-0.2, 0) is 17.9 Å². The Morgan fingerprint density at radius 3 is 1.78 bits per heavy atom. The monoisotopic (exact) mass is 196 g/mol. The molecule has 0 aromatic rings. The molecule has 0 amide bonds. The normalized spacial score (nSPS) is 13.7. The average molecular weight is 197 g/mol. The number of hydrogen-bond donors (Lipinski definition) is 2. The van der Waals surface area contributed by atoms with Crippen molar-refractivity contribution in [3.05, 3.63) is 0 Å². The van der Waals surface area contributed by atoms with Gasteiger partial charge in [0, 0.05) is 0 Å². The van der Waals surface area contributed by atoms with Gasteiger partial charge >= 0.3 is 17.2 Å². The third-order valence-corrected chi connectivity index (χ3v) is 2.18. The first-order valence-corrected chi connectivity index (χ1v) is 5.18. The molecule has 0 saturated carbocycles. The van der Waals surface area contributed by atoms with E-state index in [4.69, 9.17) is 9.79 Å². The van der Waals surface area contributed by atoms with Crippen molar-refractivity contribution in [1.29, 1.82) is 0 Å². The summed E-state index contributed by atoms with van der Waals surface area (Å²) in [4.78, 5) is 15.6. The van der Waals surface area contributed by atoms with E-state index < -0.39 is 17.2 Å². The Kier molecular flexibility index (Phi) is 2.63. The van der Waals surface area contributed by atoms with Crippen molar-refractivity contribution in [2.75, 3.05) is 0 Å². The summed E-state index contributed by atoms with van der Waals surface area (Å²) in [6.07, 6.45) is 0. The third-order valence-electron chi connectivity index (χ3n) is 0.186. The van der Waals surface area contributed by atoms with Crippen LogP contribution in [0.5, 0.6) is 0 Å². The lowest BCUT2D eigenvalue weighted by atomic mass is 15.7. The molecule has 9 heteroatoms. The van der Waals surface area contributed by atoms with E-state index in [1.807, 2.05) is 0 Å². The van der Waals surface area contributed by atoms with Crippen LogP contribution in [0.3, 0.4) is 0 Å². The van der Waals surface area contributed by atoms with Gasteiger partial charge in [-0.15, -0.1) is 0 Å². The summed E-state index contributed by atoms with van der Waals surface area (Å²) in [6, 6.07) is 0. The minimum absolute atomic E-state index is 3.03. The Morgan fingerprint density at radius 2 is 1.78 bits per heavy atom. The molecular formula is H2ClO6PS. The summed E-state index contributed by atoms with van der Waals surface area (Å²) in [7, 11) is -5.30. The maximum Gasteiger partial charge on any atom is 0.485 e. The summed E-state index contributed by atoms with van der Waals surface area (Å²) in [5.74, 6) is 0. The number of halogens is 1. The SMILES string of the molecule is O=P(O)(O)OS(=O)(=O)Cl. The lowest BCUT2D eigenvalue weighted by Gasteiger charge is -1.97. The highest BCUT2D eigenvalue weighted by atomic mass is 35.7. The number of rotatable bonds is 2. The molecular weight excluding hydrogens is 194 g/mol. The Hall–Kier alpha value is 0.350. The fourth-order valence-electron chi connectivity index (χ4n) is 0.116. The first kappa shape index (κ1) is 9.35. The molecule has 0 aromatic heterocycles. The highest BCUT2D eigenvalue weighted by Gasteiger charge is 2.22. The van der Waals surface area contributed by atoms with Crippen LogP contribution in [-0.4, -0.2) is 18.2 Å². The highest BCUT2D eigenvalue weighted by molar-refractivity contribution is 8.12. The summed E-state index contributed by atoms with van der Waals surface area (Å²) < 4.78 is 32.1. The second-order valence-corrected chi connectivity index (χ2v) is 4.46. The van der Waals surface area contributed by atoms with E-state index in [2.05, 4.69) is 14.7 Å². The molecule has 6 nitrogen and oxygen atoms in total. The van der Waals surface area contributed by atoms with E-state index in [0.717, 1.165) is 0 Å². The van der Waals surface area contributed by atoms with Gasteiger partial charge in [-0.3, -0.25) is 0 Å². The van der Waals surface area contributed by atoms with Crippen molar-refractivity contribution in [2.45, 2.75) is 0 Å². The number of hydrogen-bond acceptors (Lipinski definition) is 4. The molecule has 9 heavy (non-hydrogen) atoms. The van der Waals surface area contributed by atoms with Gasteiger partial charge in [-0.2, -0.15) is 12.4 Å². The summed E-state index contributed by atoms with van der Waals surface area (Å²) >= 11 is 0.